The van der Waals surface area contributed by atoms with Gasteiger partial charge in [-0.2, -0.15) is 5.10 Å². The molecule has 3 aromatic rings. The topological polar surface area (TPSA) is 108 Å². The van der Waals surface area contributed by atoms with Crippen molar-refractivity contribution in [3.05, 3.63) is 47.5 Å². The van der Waals surface area contributed by atoms with Crippen molar-refractivity contribution in [1.29, 1.82) is 0 Å². The van der Waals surface area contributed by atoms with Crippen molar-refractivity contribution in [1.82, 2.24) is 4.98 Å². The molecule has 0 radical (unpaired) electrons. The molecule has 0 aliphatic heterocycles. The number of hydrogen-bond donors (Lipinski definition) is 2. The van der Waals surface area contributed by atoms with Gasteiger partial charge in [-0.3, -0.25) is 0 Å². The predicted octanol–water partition coefficient (Wildman–Crippen LogP) is 3.01. The van der Waals surface area contributed by atoms with Gasteiger partial charge >= 0.3 is 0 Å². The van der Waals surface area contributed by atoms with Crippen molar-refractivity contribution < 1.29 is 9.47 Å². The van der Waals surface area contributed by atoms with Gasteiger partial charge in [0.2, 0.25) is 5.96 Å². The summed E-state index contributed by atoms with van der Waals surface area (Å²) in [6.45, 7) is 0. The molecule has 1 aromatic heterocycles. The summed E-state index contributed by atoms with van der Waals surface area (Å²) < 4.78 is 13.0. The first-order valence-electron chi connectivity index (χ1n) is 8.53. The van der Waals surface area contributed by atoms with Crippen LogP contribution in [-0.2, 0) is 6.42 Å². The summed E-state index contributed by atoms with van der Waals surface area (Å²) in [6, 6.07) is 12.0. The highest BCUT2D eigenvalue weighted by Gasteiger charge is 2.32. The summed E-state index contributed by atoms with van der Waals surface area (Å²) in [5, 5.41) is 8.27. The van der Waals surface area contributed by atoms with Gasteiger partial charge in [0.25, 0.3) is 0 Å². The van der Waals surface area contributed by atoms with Crippen LogP contribution in [0.1, 0.15) is 11.1 Å². The maximum atomic E-state index is 5.50. The smallest absolute Gasteiger partial charge is 0.211 e. The first kappa shape index (κ1) is 18.6. The lowest BCUT2D eigenvalue weighted by Gasteiger charge is -2.10. The molecule has 0 saturated carbocycles. The monoisotopic (exact) mass is 413 g/mol. The maximum absolute atomic E-state index is 5.50. The highest BCUT2D eigenvalue weighted by molar-refractivity contribution is 8.02. The molecule has 2 aromatic carbocycles. The molecule has 0 saturated heterocycles. The molecule has 1 unspecified atom stereocenters. The third-order valence-electron chi connectivity index (χ3n) is 4.39. The van der Waals surface area contributed by atoms with Crippen LogP contribution in [0, 0.1) is 0 Å². The third-order valence-corrected chi connectivity index (χ3v) is 6.72. The highest BCUT2D eigenvalue weighted by atomic mass is 32.2. The molecule has 0 amide bonds. The quantitative estimate of drug-likeness (QED) is 0.378. The van der Waals surface area contributed by atoms with Crippen LogP contribution in [0.25, 0.3) is 10.2 Å². The standard InChI is InChI=1S/C19H19N5O2S2/c1-25-13-7-10-8-16(28-19-22-12-5-3-4-6-15(12)27-19)17(23-24-18(20)21)11(10)9-14(13)26-2/h3-7,9,16H,8H2,1-2H3,(H4,20,21,24)/b23-17+. The Balaban J connectivity index is 1.73. The van der Waals surface area contributed by atoms with Gasteiger partial charge in [0, 0.05) is 5.56 Å². The molecule has 144 valence electrons. The summed E-state index contributed by atoms with van der Waals surface area (Å²) in [7, 11) is 3.24. The Morgan fingerprint density at radius 3 is 2.64 bits per heavy atom. The van der Waals surface area contributed by atoms with Gasteiger partial charge in [0.15, 0.2) is 15.8 Å². The van der Waals surface area contributed by atoms with E-state index in [9.17, 15) is 0 Å². The molecule has 7 nitrogen and oxygen atoms in total. The van der Waals surface area contributed by atoms with Crippen LogP contribution in [0.2, 0.25) is 0 Å². The molecule has 1 heterocycles. The van der Waals surface area contributed by atoms with E-state index in [1.807, 2.05) is 30.3 Å². The number of aromatic nitrogens is 1. The SMILES string of the molecule is COc1cc2c(cc1OC)/C(=N\N=C(N)N)C(Sc1nc3ccccc3s1)C2. The minimum atomic E-state index is -0.0786. The van der Waals surface area contributed by atoms with Gasteiger partial charge in [-0.25, -0.2) is 4.98 Å². The molecule has 28 heavy (non-hydrogen) atoms. The van der Waals surface area contributed by atoms with Crippen LogP contribution in [-0.4, -0.2) is 36.1 Å². The molecule has 9 heteroatoms. The molecule has 0 spiro atoms. The summed E-state index contributed by atoms with van der Waals surface area (Å²) in [4.78, 5) is 4.73. The van der Waals surface area contributed by atoms with E-state index >= 15 is 0 Å². The number of methoxy groups -OCH3 is 2. The molecular weight excluding hydrogens is 394 g/mol. The third kappa shape index (κ3) is 3.50. The number of nitrogens with zero attached hydrogens (tertiary/aromatic N) is 3. The molecule has 4 rings (SSSR count). The number of benzene rings is 2. The molecule has 1 atom stereocenters. The molecule has 0 bridgehead atoms. The number of rotatable bonds is 5. The lowest BCUT2D eigenvalue weighted by atomic mass is 10.1. The highest BCUT2D eigenvalue weighted by Crippen LogP contribution is 2.41. The van der Waals surface area contributed by atoms with Crippen LogP contribution in [0.5, 0.6) is 11.5 Å². The van der Waals surface area contributed by atoms with Crippen LogP contribution in [0.15, 0.2) is 50.9 Å². The van der Waals surface area contributed by atoms with Gasteiger partial charge in [0.1, 0.15) is 0 Å². The zero-order valence-corrected chi connectivity index (χ0v) is 17.0. The second kappa shape index (κ2) is 7.69. The van der Waals surface area contributed by atoms with Crippen LogP contribution < -0.4 is 20.9 Å². The molecule has 1 aliphatic rings. The zero-order valence-electron chi connectivity index (χ0n) is 15.4. The average Bonchev–Trinajstić information content (AvgIpc) is 3.24. The first-order valence-corrected chi connectivity index (χ1v) is 10.2. The Morgan fingerprint density at radius 1 is 1.18 bits per heavy atom. The number of hydrogen-bond acceptors (Lipinski definition) is 7. The van der Waals surface area contributed by atoms with E-state index in [1.165, 1.54) is 0 Å². The van der Waals surface area contributed by atoms with Crippen molar-refractivity contribution in [2.75, 3.05) is 14.2 Å². The Kier molecular flexibility index (Phi) is 5.10. The number of guanidine groups is 1. The second-order valence-electron chi connectivity index (χ2n) is 6.13. The fourth-order valence-corrected chi connectivity index (χ4v) is 5.60. The molecule has 4 N–H and O–H groups in total. The van der Waals surface area contributed by atoms with E-state index in [2.05, 4.69) is 16.3 Å². The van der Waals surface area contributed by atoms with E-state index in [0.717, 1.165) is 37.8 Å². The average molecular weight is 414 g/mol. The van der Waals surface area contributed by atoms with Gasteiger partial charge in [-0.15, -0.1) is 16.4 Å². The van der Waals surface area contributed by atoms with Gasteiger partial charge in [0.05, 0.1) is 35.4 Å². The molecular formula is C19H19N5O2S2. The maximum Gasteiger partial charge on any atom is 0.211 e. The summed E-state index contributed by atoms with van der Waals surface area (Å²) in [5.74, 6) is 1.25. The fourth-order valence-electron chi connectivity index (χ4n) is 3.15. The van der Waals surface area contributed by atoms with Gasteiger partial charge in [-0.1, -0.05) is 23.9 Å². The number of ether oxygens (including phenoxy) is 2. The van der Waals surface area contributed by atoms with E-state index < -0.39 is 0 Å². The largest absolute Gasteiger partial charge is 0.493 e. The van der Waals surface area contributed by atoms with Crippen LogP contribution >= 0.6 is 23.1 Å². The Bertz CT molecular complexity index is 1060. The van der Waals surface area contributed by atoms with Crippen LogP contribution in [0.4, 0.5) is 0 Å². The lowest BCUT2D eigenvalue weighted by molar-refractivity contribution is 0.354. The first-order chi connectivity index (χ1) is 13.6. The van der Waals surface area contributed by atoms with Crippen molar-refractivity contribution in [2.24, 2.45) is 21.7 Å². The van der Waals surface area contributed by atoms with Crippen molar-refractivity contribution in [3.63, 3.8) is 0 Å². The van der Waals surface area contributed by atoms with E-state index in [1.54, 1.807) is 37.3 Å². The van der Waals surface area contributed by atoms with Crippen LogP contribution in [0.3, 0.4) is 0 Å². The number of nitrogens with two attached hydrogens (primary N) is 2. The second-order valence-corrected chi connectivity index (χ2v) is 8.61. The van der Waals surface area contributed by atoms with Crippen molar-refractivity contribution in [2.45, 2.75) is 16.0 Å². The molecule has 0 fully saturated rings. The Labute approximate surface area is 170 Å². The van der Waals surface area contributed by atoms with E-state index in [-0.39, 0.29) is 11.2 Å². The van der Waals surface area contributed by atoms with Crippen molar-refractivity contribution in [3.8, 4) is 11.5 Å². The summed E-state index contributed by atoms with van der Waals surface area (Å²) >= 11 is 3.33. The van der Waals surface area contributed by atoms with Gasteiger partial charge < -0.3 is 20.9 Å². The predicted molar refractivity (Wildman–Crippen MR) is 115 cm³/mol. The normalized spacial score (nSPS) is 16.9. The zero-order chi connectivity index (χ0) is 19.7. The molecule has 1 aliphatic carbocycles. The van der Waals surface area contributed by atoms with Crippen molar-refractivity contribution >= 4 is 45.0 Å². The Hall–Kier alpha value is -2.78. The van der Waals surface area contributed by atoms with E-state index in [0.29, 0.717) is 11.5 Å². The summed E-state index contributed by atoms with van der Waals surface area (Å²) in [6.07, 6.45) is 0.773. The van der Waals surface area contributed by atoms with E-state index in [4.69, 9.17) is 25.9 Å². The fraction of sp³-hybridized carbons (Fsp3) is 0.211. The number of thioether (sulfide) groups is 1. The number of thiazole rings is 1. The minimum absolute atomic E-state index is 0.0375. The van der Waals surface area contributed by atoms with Gasteiger partial charge in [-0.05, 0) is 36.2 Å². The number of para-hydroxylation sites is 1. The Morgan fingerprint density at radius 2 is 1.93 bits per heavy atom. The lowest BCUT2D eigenvalue weighted by Crippen LogP contribution is -2.22. The minimum Gasteiger partial charge on any atom is -0.493 e. The summed E-state index contributed by atoms with van der Waals surface area (Å²) in [5.41, 5.74) is 14.9. The number of fused-ring (bicyclic) bond motifs is 2.